The van der Waals surface area contributed by atoms with Crippen molar-refractivity contribution in [1.29, 1.82) is 0 Å². The summed E-state index contributed by atoms with van der Waals surface area (Å²) in [6.07, 6.45) is 6.62. The van der Waals surface area contributed by atoms with Gasteiger partial charge in [-0.3, -0.25) is 4.79 Å². The summed E-state index contributed by atoms with van der Waals surface area (Å²) >= 11 is 5.93. The standard InChI is InChI=1S/C14H18ClNO2/c15-12-9-11(17)6-7-13(12)16-14(18)8-5-10-3-1-2-4-10/h6-7,9-10,17H,1-5,8H2,(H,16,18). The van der Waals surface area contributed by atoms with Gasteiger partial charge in [0, 0.05) is 12.5 Å². The van der Waals surface area contributed by atoms with E-state index in [2.05, 4.69) is 5.32 Å². The van der Waals surface area contributed by atoms with E-state index in [0.717, 1.165) is 6.42 Å². The topological polar surface area (TPSA) is 49.3 Å². The van der Waals surface area contributed by atoms with Gasteiger partial charge in [0.1, 0.15) is 5.75 Å². The van der Waals surface area contributed by atoms with Crippen LogP contribution < -0.4 is 5.32 Å². The molecule has 1 saturated carbocycles. The van der Waals surface area contributed by atoms with E-state index in [0.29, 0.717) is 23.0 Å². The predicted octanol–water partition coefficient (Wildman–Crippen LogP) is 3.95. The molecule has 0 aromatic heterocycles. The summed E-state index contributed by atoms with van der Waals surface area (Å²) in [5, 5.41) is 12.4. The van der Waals surface area contributed by atoms with Gasteiger partial charge < -0.3 is 10.4 Å². The van der Waals surface area contributed by atoms with E-state index < -0.39 is 0 Å². The van der Waals surface area contributed by atoms with Crippen LogP contribution in [0.25, 0.3) is 0 Å². The third-order valence-electron chi connectivity index (χ3n) is 3.48. The number of carbonyl (C=O) groups excluding carboxylic acids is 1. The normalized spacial score (nSPS) is 15.8. The fourth-order valence-corrected chi connectivity index (χ4v) is 2.67. The first-order valence-corrected chi connectivity index (χ1v) is 6.81. The highest BCUT2D eigenvalue weighted by atomic mass is 35.5. The zero-order valence-electron chi connectivity index (χ0n) is 10.3. The minimum atomic E-state index is -0.00510. The number of hydrogen-bond acceptors (Lipinski definition) is 2. The van der Waals surface area contributed by atoms with Gasteiger partial charge in [0.15, 0.2) is 0 Å². The van der Waals surface area contributed by atoms with Crippen LogP contribution in [0.5, 0.6) is 5.75 Å². The fraction of sp³-hybridized carbons (Fsp3) is 0.500. The Hall–Kier alpha value is -1.22. The van der Waals surface area contributed by atoms with E-state index in [1.165, 1.54) is 37.8 Å². The third kappa shape index (κ3) is 3.64. The average molecular weight is 268 g/mol. The molecule has 1 aliphatic carbocycles. The highest BCUT2D eigenvalue weighted by Gasteiger charge is 2.16. The lowest BCUT2D eigenvalue weighted by atomic mass is 10.0. The summed E-state index contributed by atoms with van der Waals surface area (Å²) in [7, 11) is 0. The largest absolute Gasteiger partial charge is 0.508 e. The Kier molecular flexibility index (Phi) is 4.48. The predicted molar refractivity (Wildman–Crippen MR) is 72.9 cm³/mol. The molecular weight excluding hydrogens is 250 g/mol. The van der Waals surface area contributed by atoms with Crippen LogP contribution in [0.3, 0.4) is 0 Å². The molecule has 0 unspecified atom stereocenters. The van der Waals surface area contributed by atoms with E-state index >= 15 is 0 Å². The second-order valence-corrected chi connectivity index (χ2v) is 5.31. The molecule has 0 aliphatic heterocycles. The maximum atomic E-state index is 11.8. The van der Waals surface area contributed by atoms with Gasteiger partial charge in [0.2, 0.25) is 5.91 Å². The van der Waals surface area contributed by atoms with Gasteiger partial charge in [-0.05, 0) is 24.5 Å². The van der Waals surface area contributed by atoms with E-state index in [4.69, 9.17) is 11.6 Å². The van der Waals surface area contributed by atoms with Crippen LogP contribution in [0.15, 0.2) is 18.2 Å². The lowest BCUT2D eigenvalue weighted by molar-refractivity contribution is -0.116. The molecule has 1 aliphatic rings. The number of aromatic hydroxyl groups is 1. The van der Waals surface area contributed by atoms with Crippen molar-refractivity contribution in [2.75, 3.05) is 5.32 Å². The average Bonchev–Trinajstić information content (AvgIpc) is 2.83. The van der Waals surface area contributed by atoms with Crippen LogP contribution in [0.4, 0.5) is 5.69 Å². The molecule has 0 radical (unpaired) electrons. The minimum Gasteiger partial charge on any atom is -0.508 e. The van der Waals surface area contributed by atoms with Gasteiger partial charge in [-0.25, -0.2) is 0 Å². The zero-order valence-corrected chi connectivity index (χ0v) is 11.0. The lowest BCUT2D eigenvalue weighted by Crippen LogP contribution is -2.13. The van der Waals surface area contributed by atoms with E-state index in [9.17, 15) is 9.90 Å². The summed E-state index contributed by atoms with van der Waals surface area (Å²) in [6.45, 7) is 0. The Morgan fingerprint density at radius 1 is 1.39 bits per heavy atom. The third-order valence-corrected chi connectivity index (χ3v) is 3.79. The Morgan fingerprint density at radius 3 is 2.78 bits per heavy atom. The van der Waals surface area contributed by atoms with Gasteiger partial charge in [-0.15, -0.1) is 0 Å². The maximum absolute atomic E-state index is 11.8. The summed E-state index contributed by atoms with van der Waals surface area (Å²) in [5.74, 6) is 0.810. The number of hydrogen-bond donors (Lipinski definition) is 2. The number of rotatable bonds is 4. The van der Waals surface area contributed by atoms with Crippen molar-refractivity contribution in [3.05, 3.63) is 23.2 Å². The van der Waals surface area contributed by atoms with Crippen molar-refractivity contribution in [2.45, 2.75) is 38.5 Å². The van der Waals surface area contributed by atoms with E-state index in [1.54, 1.807) is 6.07 Å². The van der Waals surface area contributed by atoms with Crippen molar-refractivity contribution in [2.24, 2.45) is 5.92 Å². The van der Waals surface area contributed by atoms with Crippen molar-refractivity contribution in [3.63, 3.8) is 0 Å². The number of amides is 1. The molecule has 0 heterocycles. The number of phenols is 1. The number of benzene rings is 1. The van der Waals surface area contributed by atoms with Crippen LogP contribution in [0.2, 0.25) is 5.02 Å². The number of anilines is 1. The van der Waals surface area contributed by atoms with Crippen LogP contribution in [0.1, 0.15) is 38.5 Å². The second kappa shape index (κ2) is 6.10. The molecule has 2 rings (SSSR count). The monoisotopic (exact) mass is 267 g/mol. The van der Waals surface area contributed by atoms with Crippen LogP contribution in [0, 0.1) is 5.92 Å². The van der Waals surface area contributed by atoms with Crippen LogP contribution >= 0.6 is 11.6 Å². The highest BCUT2D eigenvalue weighted by Crippen LogP contribution is 2.29. The molecule has 98 valence electrons. The van der Waals surface area contributed by atoms with Gasteiger partial charge in [0.25, 0.3) is 0 Å². The van der Waals surface area contributed by atoms with Crippen molar-refractivity contribution < 1.29 is 9.90 Å². The lowest BCUT2D eigenvalue weighted by Gasteiger charge is -2.10. The molecule has 0 bridgehead atoms. The minimum absolute atomic E-state index is 0.00510. The second-order valence-electron chi connectivity index (χ2n) is 4.90. The van der Waals surface area contributed by atoms with Crippen molar-refractivity contribution >= 4 is 23.2 Å². The van der Waals surface area contributed by atoms with Gasteiger partial charge in [-0.2, -0.15) is 0 Å². The zero-order chi connectivity index (χ0) is 13.0. The Balaban J connectivity index is 1.82. The molecule has 4 heteroatoms. The molecule has 0 atom stereocenters. The Morgan fingerprint density at radius 2 is 2.11 bits per heavy atom. The fourth-order valence-electron chi connectivity index (χ4n) is 2.45. The Labute approximate surface area is 112 Å². The van der Waals surface area contributed by atoms with Crippen molar-refractivity contribution in [1.82, 2.24) is 0 Å². The molecule has 1 aromatic rings. The van der Waals surface area contributed by atoms with Crippen LogP contribution in [-0.2, 0) is 4.79 Å². The molecular formula is C14H18ClNO2. The van der Waals surface area contributed by atoms with E-state index in [1.807, 2.05) is 0 Å². The summed E-state index contributed by atoms with van der Waals surface area (Å²) in [5.41, 5.74) is 0.561. The van der Waals surface area contributed by atoms with Gasteiger partial charge >= 0.3 is 0 Å². The molecule has 2 N–H and O–H groups in total. The van der Waals surface area contributed by atoms with E-state index in [-0.39, 0.29) is 11.7 Å². The Bertz CT molecular complexity index is 428. The van der Waals surface area contributed by atoms with Crippen LogP contribution in [-0.4, -0.2) is 11.0 Å². The highest BCUT2D eigenvalue weighted by molar-refractivity contribution is 6.33. The molecule has 0 saturated heterocycles. The SMILES string of the molecule is O=C(CCC1CCCC1)Nc1ccc(O)cc1Cl. The number of carbonyl (C=O) groups is 1. The molecule has 1 aromatic carbocycles. The van der Waals surface area contributed by atoms with Gasteiger partial charge in [0.05, 0.1) is 10.7 Å². The number of nitrogens with one attached hydrogen (secondary N) is 1. The maximum Gasteiger partial charge on any atom is 0.224 e. The summed E-state index contributed by atoms with van der Waals surface area (Å²) in [6, 6.07) is 4.55. The molecule has 1 fully saturated rings. The molecule has 3 nitrogen and oxygen atoms in total. The summed E-state index contributed by atoms with van der Waals surface area (Å²) in [4.78, 5) is 11.8. The summed E-state index contributed by atoms with van der Waals surface area (Å²) < 4.78 is 0. The molecule has 0 spiro atoms. The van der Waals surface area contributed by atoms with Gasteiger partial charge in [-0.1, -0.05) is 37.3 Å². The first-order chi connectivity index (χ1) is 8.65. The first kappa shape index (κ1) is 13.2. The quantitative estimate of drug-likeness (QED) is 0.812. The molecule has 1 amide bonds. The number of halogens is 1. The molecule has 18 heavy (non-hydrogen) atoms. The first-order valence-electron chi connectivity index (χ1n) is 6.43. The van der Waals surface area contributed by atoms with Crippen molar-refractivity contribution in [3.8, 4) is 5.75 Å². The smallest absolute Gasteiger partial charge is 0.224 e. The number of phenolic OH excluding ortho intramolecular Hbond substituents is 1.